The lowest BCUT2D eigenvalue weighted by Crippen LogP contribution is -2.54. The molecule has 0 unspecified atom stereocenters. The minimum Gasteiger partial charge on any atom is -0.379 e. The number of morpholine rings is 1. The number of fused-ring (bicyclic) bond motifs is 1. The van der Waals surface area contributed by atoms with Crippen LogP contribution in [0, 0.1) is 6.92 Å². The molecular formula is C16H22N4O3. The van der Waals surface area contributed by atoms with Crippen molar-refractivity contribution in [3.05, 3.63) is 23.7 Å². The molecule has 2 aliphatic heterocycles. The fourth-order valence-electron chi connectivity index (χ4n) is 3.43. The first-order valence-corrected chi connectivity index (χ1v) is 8.10. The van der Waals surface area contributed by atoms with Gasteiger partial charge in [-0.25, -0.2) is 0 Å². The highest BCUT2D eigenvalue weighted by Gasteiger charge is 2.35. The van der Waals surface area contributed by atoms with Gasteiger partial charge < -0.3 is 14.0 Å². The maximum absolute atomic E-state index is 5.82. The zero-order valence-electron chi connectivity index (χ0n) is 13.6. The summed E-state index contributed by atoms with van der Waals surface area (Å²) in [5, 5.41) is 8.48. The summed E-state index contributed by atoms with van der Waals surface area (Å²) in [5.41, 5.74) is 2.96. The van der Waals surface area contributed by atoms with Gasteiger partial charge in [-0.2, -0.15) is 5.10 Å². The Hall–Kier alpha value is -1.70. The van der Waals surface area contributed by atoms with Gasteiger partial charge in [0.15, 0.2) is 5.76 Å². The Morgan fingerprint density at radius 2 is 2.26 bits per heavy atom. The van der Waals surface area contributed by atoms with Gasteiger partial charge in [-0.1, -0.05) is 5.16 Å². The number of aromatic nitrogens is 3. The summed E-state index contributed by atoms with van der Waals surface area (Å²) in [6.45, 7) is 5.95. The third-order valence-corrected chi connectivity index (χ3v) is 4.88. The molecular weight excluding hydrogens is 296 g/mol. The molecule has 0 saturated carbocycles. The maximum Gasteiger partial charge on any atom is 0.151 e. The van der Waals surface area contributed by atoms with Crippen LogP contribution < -0.4 is 0 Å². The van der Waals surface area contributed by atoms with E-state index in [2.05, 4.69) is 15.2 Å². The molecule has 7 heteroatoms. The standard InChI is InChI=1S/C16H22N4O3/c1-11-13(8-17-19(11)2)14-7-12(23-18-14)9-20-4-6-22-16-10-21-5-3-15(16)20/h7-8,15-16H,3-6,9-10H2,1-2H3/t15-,16+/m0/s1. The molecule has 2 aromatic rings. The van der Waals surface area contributed by atoms with Crippen molar-refractivity contribution in [1.29, 1.82) is 0 Å². The number of hydrogen-bond donors (Lipinski definition) is 0. The molecule has 124 valence electrons. The van der Waals surface area contributed by atoms with Crippen LogP contribution in [0.25, 0.3) is 11.3 Å². The molecule has 7 nitrogen and oxygen atoms in total. The van der Waals surface area contributed by atoms with Gasteiger partial charge in [-0.05, 0) is 13.3 Å². The second-order valence-electron chi connectivity index (χ2n) is 6.26. The highest BCUT2D eigenvalue weighted by molar-refractivity contribution is 5.60. The van der Waals surface area contributed by atoms with E-state index in [0.29, 0.717) is 12.6 Å². The molecule has 2 atom stereocenters. The Labute approximate surface area is 135 Å². The SMILES string of the molecule is Cc1c(-c2cc(CN3CCO[C@@H]4COCC[C@@H]43)on2)cnn1C. The quantitative estimate of drug-likeness (QED) is 0.852. The molecule has 0 spiro atoms. The average Bonchev–Trinajstić information content (AvgIpc) is 3.15. The first-order chi connectivity index (χ1) is 11.2. The average molecular weight is 318 g/mol. The van der Waals surface area contributed by atoms with E-state index >= 15 is 0 Å². The van der Waals surface area contributed by atoms with E-state index < -0.39 is 0 Å². The fourth-order valence-corrected chi connectivity index (χ4v) is 3.43. The molecule has 0 N–H and O–H groups in total. The van der Waals surface area contributed by atoms with Crippen LogP contribution in [0.3, 0.4) is 0 Å². The van der Waals surface area contributed by atoms with Crippen molar-refractivity contribution in [2.75, 3.05) is 26.4 Å². The zero-order chi connectivity index (χ0) is 15.8. The molecule has 2 fully saturated rings. The Morgan fingerprint density at radius 3 is 3.09 bits per heavy atom. The fraction of sp³-hybridized carbons (Fsp3) is 0.625. The molecule has 4 rings (SSSR count). The van der Waals surface area contributed by atoms with Crippen molar-refractivity contribution in [1.82, 2.24) is 19.8 Å². The van der Waals surface area contributed by atoms with Crippen LogP contribution in [0.5, 0.6) is 0 Å². The largest absolute Gasteiger partial charge is 0.379 e. The van der Waals surface area contributed by atoms with Crippen molar-refractivity contribution in [3.8, 4) is 11.3 Å². The monoisotopic (exact) mass is 318 g/mol. The summed E-state index contributed by atoms with van der Waals surface area (Å²) >= 11 is 0. The van der Waals surface area contributed by atoms with E-state index in [1.807, 2.05) is 30.9 Å². The molecule has 2 saturated heterocycles. The van der Waals surface area contributed by atoms with E-state index in [-0.39, 0.29) is 6.10 Å². The van der Waals surface area contributed by atoms with Crippen LogP contribution in [0.1, 0.15) is 17.9 Å². The first-order valence-electron chi connectivity index (χ1n) is 8.10. The summed E-state index contributed by atoms with van der Waals surface area (Å²) in [7, 11) is 1.93. The Bertz CT molecular complexity index is 679. The van der Waals surface area contributed by atoms with Gasteiger partial charge in [-0.3, -0.25) is 9.58 Å². The highest BCUT2D eigenvalue weighted by atomic mass is 16.5. The molecule has 2 aliphatic rings. The van der Waals surface area contributed by atoms with E-state index in [0.717, 1.165) is 55.4 Å². The highest BCUT2D eigenvalue weighted by Crippen LogP contribution is 2.26. The van der Waals surface area contributed by atoms with E-state index in [4.69, 9.17) is 14.0 Å². The second-order valence-corrected chi connectivity index (χ2v) is 6.26. The third kappa shape index (κ3) is 2.80. The van der Waals surface area contributed by atoms with Gasteiger partial charge in [0.25, 0.3) is 0 Å². The van der Waals surface area contributed by atoms with Gasteiger partial charge in [0, 0.05) is 43.6 Å². The summed E-state index contributed by atoms with van der Waals surface area (Å²) < 4.78 is 18.7. The van der Waals surface area contributed by atoms with Crippen LogP contribution >= 0.6 is 0 Å². The lowest BCUT2D eigenvalue weighted by Gasteiger charge is -2.43. The summed E-state index contributed by atoms with van der Waals surface area (Å²) in [6, 6.07) is 2.43. The number of rotatable bonds is 3. The van der Waals surface area contributed by atoms with Gasteiger partial charge in [0.1, 0.15) is 5.69 Å². The van der Waals surface area contributed by atoms with E-state index in [9.17, 15) is 0 Å². The van der Waals surface area contributed by atoms with Crippen LogP contribution in [0.15, 0.2) is 16.8 Å². The molecule has 0 radical (unpaired) electrons. The maximum atomic E-state index is 5.82. The van der Waals surface area contributed by atoms with Crippen LogP contribution in [0.2, 0.25) is 0 Å². The molecule has 23 heavy (non-hydrogen) atoms. The zero-order valence-corrected chi connectivity index (χ0v) is 13.6. The third-order valence-electron chi connectivity index (χ3n) is 4.88. The van der Waals surface area contributed by atoms with Crippen molar-refractivity contribution in [3.63, 3.8) is 0 Å². The molecule has 2 aromatic heterocycles. The molecule has 0 aliphatic carbocycles. The van der Waals surface area contributed by atoms with Crippen molar-refractivity contribution >= 4 is 0 Å². The molecule has 4 heterocycles. The smallest absolute Gasteiger partial charge is 0.151 e. The number of nitrogens with zero attached hydrogens (tertiary/aromatic N) is 4. The second kappa shape index (κ2) is 6.07. The lowest BCUT2D eigenvalue weighted by atomic mass is 10.0. The summed E-state index contributed by atoms with van der Waals surface area (Å²) in [5.74, 6) is 0.885. The molecule has 0 bridgehead atoms. The molecule has 0 amide bonds. The van der Waals surface area contributed by atoms with E-state index in [1.165, 1.54) is 0 Å². The summed E-state index contributed by atoms with van der Waals surface area (Å²) in [4.78, 5) is 2.43. The minimum absolute atomic E-state index is 0.181. The minimum atomic E-state index is 0.181. The molecule has 0 aromatic carbocycles. The number of hydrogen-bond acceptors (Lipinski definition) is 6. The van der Waals surface area contributed by atoms with Crippen LogP contribution in [0.4, 0.5) is 0 Å². The number of aryl methyl sites for hydroxylation is 1. The first kappa shape index (κ1) is 14.9. The van der Waals surface area contributed by atoms with Crippen molar-refractivity contribution in [2.45, 2.75) is 32.0 Å². The van der Waals surface area contributed by atoms with Gasteiger partial charge >= 0.3 is 0 Å². The van der Waals surface area contributed by atoms with E-state index in [1.54, 1.807) is 0 Å². The van der Waals surface area contributed by atoms with Gasteiger partial charge in [-0.15, -0.1) is 0 Å². The van der Waals surface area contributed by atoms with Crippen LogP contribution in [-0.4, -0.2) is 58.3 Å². The lowest BCUT2D eigenvalue weighted by molar-refractivity contribution is -0.138. The predicted molar refractivity (Wildman–Crippen MR) is 82.8 cm³/mol. The Kier molecular flexibility index (Phi) is 3.92. The normalized spacial score (nSPS) is 25.5. The van der Waals surface area contributed by atoms with Crippen molar-refractivity contribution in [2.24, 2.45) is 7.05 Å². The predicted octanol–water partition coefficient (Wildman–Crippen LogP) is 1.37. The summed E-state index contributed by atoms with van der Waals surface area (Å²) in [6.07, 6.45) is 3.02. The Morgan fingerprint density at radius 1 is 1.35 bits per heavy atom. The number of ether oxygens (including phenoxy) is 2. The van der Waals surface area contributed by atoms with Gasteiger partial charge in [0.05, 0.1) is 32.1 Å². The topological polar surface area (TPSA) is 65.6 Å². The van der Waals surface area contributed by atoms with Gasteiger partial charge in [0.2, 0.25) is 0 Å². The Balaban J connectivity index is 1.50. The van der Waals surface area contributed by atoms with Crippen molar-refractivity contribution < 1.29 is 14.0 Å². The van der Waals surface area contributed by atoms with Crippen LogP contribution in [-0.2, 0) is 23.1 Å².